The summed E-state index contributed by atoms with van der Waals surface area (Å²) >= 11 is 0. The monoisotopic (exact) mass is 297 g/mol. The highest BCUT2D eigenvalue weighted by Crippen LogP contribution is 2.22. The number of carbonyl (C=O) groups is 1. The largest absolute Gasteiger partial charge is 0.356 e. The van der Waals surface area contributed by atoms with Crippen molar-refractivity contribution in [2.24, 2.45) is 5.92 Å². The molecule has 20 heavy (non-hydrogen) atoms. The lowest BCUT2D eigenvalue weighted by atomic mass is 9.95. The molecule has 2 atom stereocenters. The SMILES string of the molecule is CS(=O)(=O)OC(CCc1ccccc1)C1CNC(=O)C1. The Balaban J connectivity index is 2.01. The Bertz CT molecular complexity index is 556. The van der Waals surface area contributed by atoms with Gasteiger partial charge in [-0.1, -0.05) is 30.3 Å². The molecule has 1 aliphatic rings. The number of amides is 1. The zero-order valence-corrected chi connectivity index (χ0v) is 12.2. The van der Waals surface area contributed by atoms with Gasteiger partial charge in [-0.05, 0) is 18.4 Å². The van der Waals surface area contributed by atoms with Gasteiger partial charge in [-0.25, -0.2) is 0 Å². The van der Waals surface area contributed by atoms with E-state index in [0.717, 1.165) is 18.2 Å². The number of hydrogen-bond donors (Lipinski definition) is 1. The average Bonchev–Trinajstić information content (AvgIpc) is 2.81. The molecule has 6 heteroatoms. The molecule has 0 spiro atoms. The van der Waals surface area contributed by atoms with Gasteiger partial charge in [0.2, 0.25) is 5.91 Å². The van der Waals surface area contributed by atoms with Crippen molar-refractivity contribution in [3.05, 3.63) is 35.9 Å². The van der Waals surface area contributed by atoms with Crippen LogP contribution in [0.4, 0.5) is 0 Å². The lowest BCUT2D eigenvalue weighted by Gasteiger charge is -2.21. The van der Waals surface area contributed by atoms with Crippen LogP contribution in [0.15, 0.2) is 30.3 Å². The molecule has 1 aromatic carbocycles. The summed E-state index contributed by atoms with van der Waals surface area (Å²) in [6, 6.07) is 9.82. The summed E-state index contributed by atoms with van der Waals surface area (Å²) in [6.45, 7) is 0.480. The molecule has 2 rings (SSSR count). The molecule has 110 valence electrons. The van der Waals surface area contributed by atoms with Gasteiger partial charge in [0.25, 0.3) is 10.1 Å². The second-order valence-corrected chi connectivity index (χ2v) is 6.73. The zero-order valence-electron chi connectivity index (χ0n) is 11.4. The third-order valence-corrected chi connectivity index (χ3v) is 3.99. The van der Waals surface area contributed by atoms with Crippen LogP contribution < -0.4 is 5.32 Å². The van der Waals surface area contributed by atoms with Crippen LogP contribution in [0.3, 0.4) is 0 Å². The van der Waals surface area contributed by atoms with E-state index in [-0.39, 0.29) is 11.8 Å². The molecule has 0 aliphatic carbocycles. The molecule has 1 amide bonds. The van der Waals surface area contributed by atoms with Gasteiger partial charge in [0, 0.05) is 18.9 Å². The number of aryl methyl sites for hydroxylation is 1. The topological polar surface area (TPSA) is 72.5 Å². The Morgan fingerprint density at radius 3 is 2.60 bits per heavy atom. The van der Waals surface area contributed by atoms with Crippen molar-refractivity contribution in [1.29, 1.82) is 0 Å². The smallest absolute Gasteiger partial charge is 0.264 e. The van der Waals surface area contributed by atoms with Gasteiger partial charge in [-0.2, -0.15) is 8.42 Å². The lowest BCUT2D eigenvalue weighted by Crippen LogP contribution is -2.29. The summed E-state index contributed by atoms with van der Waals surface area (Å²) in [6.07, 6.45) is 2.23. The maximum atomic E-state index is 11.4. The van der Waals surface area contributed by atoms with E-state index >= 15 is 0 Å². The van der Waals surface area contributed by atoms with Crippen LogP contribution in [0.25, 0.3) is 0 Å². The van der Waals surface area contributed by atoms with E-state index in [4.69, 9.17) is 4.18 Å². The number of nitrogens with one attached hydrogen (secondary N) is 1. The molecular weight excluding hydrogens is 278 g/mol. The molecule has 1 saturated heterocycles. The van der Waals surface area contributed by atoms with Gasteiger partial charge in [0.15, 0.2) is 0 Å². The molecule has 0 bridgehead atoms. The zero-order chi connectivity index (χ0) is 14.6. The van der Waals surface area contributed by atoms with Gasteiger partial charge in [0.1, 0.15) is 0 Å². The minimum absolute atomic E-state index is 0.0446. The molecule has 5 nitrogen and oxygen atoms in total. The molecule has 1 aromatic rings. The van der Waals surface area contributed by atoms with Crippen molar-refractivity contribution >= 4 is 16.0 Å². The molecule has 0 saturated carbocycles. The second kappa shape index (κ2) is 6.37. The maximum absolute atomic E-state index is 11.4. The van der Waals surface area contributed by atoms with Gasteiger partial charge in [-0.15, -0.1) is 0 Å². The Morgan fingerprint density at radius 2 is 2.05 bits per heavy atom. The second-order valence-electron chi connectivity index (χ2n) is 5.13. The summed E-state index contributed by atoms with van der Waals surface area (Å²) in [5, 5.41) is 2.72. The van der Waals surface area contributed by atoms with Crippen molar-refractivity contribution in [3.8, 4) is 0 Å². The minimum Gasteiger partial charge on any atom is -0.356 e. The number of carbonyl (C=O) groups excluding carboxylic acids is 1. The van der Waals surface area contributed by atoms with Crippen molar-refractivity contribution in [2.75, 3.05) is 12.8 Å². The van der Waals surface area contributed by atoms with Crippen LogP contribution in [0.5, 0.6) is 0 Å². The van der Waals surface area contributed by atoms with Crippen LogP contribution in [-0.4, -0.2) is 33.2 Å². The van der Waals surface area contributed by atoms with Crippen molar-refractivity contribution in [3.63, 3.8) is 0 Å². The fourth-order valence-corrected chi connectivity index (χ4v) is 3.13. The number of benzene rings is 1. The van der Waals surface area contributed by atoms with Crippen molar-refractivity contribution in [2.45, 2.75) is 25.4 Å². The normalized spacial score (nSPS) is 20.6. The average molecular weight is 297 g/mol. The Kier molecular flexibility index (Phi) is 4.77. The predicted octanol–water partition coefficient (Wildman–Crippen LogP) is 1.10. The summed E-state index contributed by atoms with van der Waals surface area (Å²) in [5.74, 6) is -0.127. The summed E-state index contributed by atoms with van der Waals surface area (Å²) in [4.78, 5) is 11.3. The fourth-order valence-electron chi connectivity index (χ4n) is 2.43. The Hall–Kier alpha value is -1.40. The Labute approximate surface area is 119 Å². The molecule has 2 unspecified atom stereocenters. The van der Waals surface area contributed by atoms with E-state index in [1.165, 1.54) is 0 Å². The van der Waals surface area contributed by atoms with E-state index in [1.54, 1.807) is 0 Å². The van der Waals surface area contributed by atoms with Crippen LogP contribution in [0.2, 0.25) is 0 Å². The molecule has 0 aromatic heterocycles. The van der Waals surface area contributed by atoms with Crippen LogP contribution in [0, 0.1) is 5.92 Å². The maximum Gasteiger partial charge on any atom is 0.264 e. The highest BCUT2D eigenvalue weighted by atomic mass is 32.2. The Morgan fingerprint density at radius 1 is 1.35 bits per heavy atom. The number of hydrogen-bond acceptors (Lipinski definition) is 4. The fraction of sp³-hybridized carbons (Fsp3) is 0.500. The van der Waals surface area contributed by atoms with E-state index in [1.807, 2.05) is 30.3 Å². The predicted molar refractivity (Wildman–Crippen MR) is 75.6 cm³/mol. The summed E-state index contributed by atoms with van der Waals surface area (Å²) in [5.41, 5.74) is 1.13. The van der Waals surface area contributed by atoms with E-state index in [0.29, 0.717) is 19.4 Å². The van der Waals surface area contributed by atoms with Crippen LogP contribution in [-0.2, 0) is 25.5 Å². The standard InChI is InChI=1S/C14H19NO4S/c1-20(17,18)19-13(12-9-14(16)15-10-12)8-7-11-5-3-2-4-6-11/h2-6,12-13H,7-10H2,1H3,(H,15,16). The van der Waals surface area contributed by atoms with Crippen molar-refractivity contribution < 1.29 is 17.4 Å². The molecule has 1 heterocycles. The van der Waals surface area contributed by atoms with E-state index in [9.17, 15) is 13.2 Å². The first-order valence-corrected chi connectivity index (χ1v) is 8.44. The van der Waals surface area contributed by atoms with Crippen LogP contribution in [0.1, 0.15) is 18.4 Å². The van der Waals surface area contributed by atoms with E-state index in [2.05, 4.69) is 5.32 Å². The first kappa shape index (κ1) is 15.0. The van der Waals surface area contributed by atoms with Gasteiger partial charge in [-0.3, -0.25) is 8.98 Å². The van der Waals surface area contributed by atoms with Crippen LogP contribution >= 0.6 is 0 Å². The highest BCUT2D eigenvalue weighted by Gasteiger charge is 2.32. The van der Waals surface area contributed by atoms with Crippen molar-refractivity contribution in [1.82, 2.24) is 5.32 Å². The first-order valence-electron chi connectivity index (χ1n) is 6.63. The van der Waals surface area contributed by atoms with Gasteiger partial charge in [0.05, 0.1) is 12.4 Å². The molecule has 0 radical (unpaired) electrons. The summed E-state index contributed by atoms with van der Waals surface area (Å²) < 4.78 is 27.9. The first-order chi connectivity index (χ1) is 9.44. The molecule has 1 N–H and O–H groups in total. The third kappa shape index (κ3) is 4.61. The lowest BCUT2D eigenvalue weighted by molar-refractivity contribution is -0.119. The minimum atomic E-state index is -3.52. The summed E-state index contributed by atoms with van der Waals surface area (Å²) in [7, 11) is -3.52. The molecule has 1 aliphatic heterocycles. The molecular formula is C14H19NO4S. The van der Waals surface area contributed by atoms with Gasteiger partial charge >= 0.3 is 0 Å². The van der Waals surface area contributed by atoms with Gasteiger partial charge < -0.3 is 5.32 Å². The number of rotatable bonds is 6. The highest BCUT2D eigenvalue weighted by molar-refractivity contribution is 7.86. The quantitative estimate of drug-likeness (QED) is 0.798. The van der Waals surface area contributed by atoms with E-state index < -0.39 is 16.2 Å². The third-order valence-electron chi connectivity index (χ3n) is 3.39. The molecule has 1 fully saturated rings.